The molecule has 0 fully saturated rings. The molecule has 1 amide bonds. The van der Waals surface area contributed by atoms with Gasteiger partial charge >= 0.3 is 5.97 Å². The summed E-state index contributed by atoms with van der Waals surface area (Å²) in [6.45, 7) is 4.76. The molecule has 2 rings (SSSR count). The molecule has 2 aromatic carbocycles. The fourth-order valence-corrected chi connectivity index (χ4v) is 3.81. The smallest absolute Gasteiger partial charge is 0.347 e. The number of ether oxygens (including phenoxy) is 1. The van der Waals surface area contributed by atoms with Crippen molar-refractivity contribution in [2.24, 2.45) is 0 Å². The van der Waals surface area contributed by atoms with Gasteiger partial charge in [-0.1, -0.05) is 64.0 Å². The largest absolute Gasteiger partial charge is 0.463 e. The molecule has 6 nitrogen and oxygen atoms in total. The Bertz CT molecular complexity index is 981. The van der Waals surface area contributed by atoms with E-state index >= 15 is 0 Å². The van der Waals surface area contributed by atoms with Crippen molar-refractivity contribution in [1.82, 2.24) is 5.32 Å². The third-order valence-corrected chi connectivity index (χ3v) is 5.44. The normalized spacial score (nSPS) is 13.4. The Morgan fingerprint density at radius 3 is 2.33 bits per heavy atom. The number of carbonyl (C=O) groups excluding carboxylic acids is 3. The van der Waals surface area contributed by atoms with Crippen LogP contribution in [0.5, 0.6) is 0 Å². The molecule has 0 aliphatic carbocycles. The maximum Gasteiger partial charge on any atom is 0.347 e. The van der Waals surface area contributed by atoms with Crippen LogP contribution in [-0.2, 0) is 14.3 Å². The van der Waals surface area contributed by atoms with Crippen molar-refractivity contribution in [3.05, 3.63) is 69.7 Å². The van der Waals surface area contributed by atoms with Crippen molar-refractivity contribution < 1.29 is 19.1 Å². The molecule has 0 aromatic heterocycles. The number of aryl methyl sites for hydroxylation is 1. The summed E-state index contributed by atoms with van der Waals surface area (Å²) in [7, 11) is 0. The van der Waals surface area contributed by atoms with Crippen molar-refractivity contribution in [1.29, 1.82) is 5.26 Å². The Hall–Kier alpha value is -2.98. The number of hydrogen-bond acceptors (Lipinski definition) is 5. The molecule has 7 heteroatoms. The van der Waals surface area contributed by atoms with Gasteiger partial charge in [-0.2, -0.15) is 5.26 Å². The van der Waals surface area contributed by atoms with E-state index in [4.69, 9.17) is 4.74 Å². The van der Waals surface area contributed by atoms with Crippen LogP contribution in [0.3, 0.4) is 0 Å². The molecular weight excluding hydrogens is 448 g/mol. The number of benzene rings is 2. The molecule has 0 radical (unpaired) electrons. The van der Waals surface area contributed by atoms with Gasteiger partial charge in [0.1, 0.15) is 6.07 Å². The maximum absolute atomic E-state index is 13.1. The van der Waals surface area contributed by atoms with Gasteiger partial charge < -0.3 is 10.1 Å². The second-order valence-corrected chi connectivity index (χ2v) is 7.74. The zero-order valence-corrected chi connectivity index (χ0v) is 18.7. The molecule has 2 aromatic rings. The second-order valence-electron chi connectivity index (χ2n) is 6.89. The summed E-state index contributed by atoms with van der Waals surface area (Å²) >= 11 is 3.44. The van der Waals surface area contributed by atoms with Gasteiger partial charge in [0.15, 0.2) is 5.78 Å². The van der Waals surface area contributed by atoms with Gasteiger partial charge in [-0.25, -0.2) is 4.79 Å². The van der Waals surface area contributed by atoms with Crippen molar-refractivity contribution >= 4 is 33.6 Å². The molecular formula is C23H23BrN2O4. The fourth-order valence-electron chi connectivity index (χ4n) is 3.25. The van der Waals surface area contributed by atoms with Crippen molar-refractivity contribution in [2.45, 2.75) is 38.6 Å². The molecule has 0 aliphatic heterocycles. The van der Waals surface area contributed by atoms with Gasteiger partial charge in [0.05, 0.1) is 6.61 Å². The number of Topliss-reactive ketones (excluding diaryl/α,β-unsaturated/α-hetero) is 1. The zero-order valence-electron chi connectivity index (χ0n) is 17.1. The summed E-state index contributed by atoms with van der Waals surface area (Å²) in [5.41, 5.74) is -0.0611. The Morgan fingerprint density at radius 2 is 1.80 bits per heavy atom. The number of esters is 1. The Morgan fingerprint density at radius 1 is 1.17 bits per heavy atom. The minimum Gasteiger partial charge on any atom is -0.463 e. The van der Waals surface area contributed by atoms with Crippen molar-refractivity contribution in [2.75, 3.05) is 6.61 Å². The molecule has 30 heavy (non-hydrogen) atoms. The number of nitrogens with one attached hydrogen (secondary N) is 1. The van der Waals surface area contributed by atoms with Crippen LogP contribution in [0, 0.1) is 18.3 Å². The molecule has 0 saturated heterocycles. The van der Waals surface area contributed by atoms with Crippen LogP contribution in [0.4, 0.5) is 0 Å². The lowest BCUT2D eigenvalue weighted by atomic mass is 9.76. The first-order valence-electron chi connectivity index (χ1n) is 9.46. The lowest BCUT2D eigenvalue weighted by molar-refractivity contribution is -0.151. The van der Waals surface area contributed by atoms with E-state index in [0.717, 1.165) is 5.56 Å². The van der Waals surface area contributed by atoms with Gasteiger partial charge in [-0.3, -0.25) is 9.59 Å². The first-order valence-corrected chi connectivity index (χ1v) is 10.3. The number of halogens is 1. The quantitative estimate of drug-likeness (QED) is 0.463. The second kappa shape index (κ2) is 10.2. The average molecular weight is 471 g/mol. The zero-order chi connectivity index (χ0) is 22.3. The van der Waals surface area contributed by atoms with E-state index in [1.807, 2.05) is 25.1 Å². The van der Waals surface area contributed by atoms with Crippen LogP contribution >= 0.6 is 15.9 Å². The monoisotopic (exact) mass is 470 g/mol. The standard InChI is InChI=1S/C23H23BrN2O4/c1-4-30-22(29)23(14-25,26-16(3)27)19(18-7-5-6-8-20(18)24)13-21(28)17-11-9-15(2)10-12-17/h5-12,19H,4,13H2,1-3H3,(H,26,27). The molecule has 0 spiro atoms. The van der Waals surface area contributed by atoms with Crippen molar-refractivity contribution in [3.8, 4) is 6.07 Å². The van der Waals surface area contributed by atoms with Crippen molar-refractivity contribution in [3.63, 3.8) is 0 Å². The first-order chi connectivity index (χ1) is 14.2. The predicted octanol–water partition coefficient (Wildman–Crippen LogP) is 4.08. The lowest BCUT2D eigenvalue weighted by Crippen LogP contribution is -2.58. The highest BCUT2D eigenvalue weighted by molar-refractivity contribution is 9.10. The maximum atomic E-state index is 13.1. The van der Waals surface area contributed by atoms with E-state index in [1.54, 1.807) is 43.3 Å². The SMILES string of the molecule is CCOC(=O)C(C#N)(NC(C)=O)C(CC(=O)c1ccc(C)cc1)c1ccccc1Br. The molecule has 2 unspecified atom stereocenters. The van der Waals surface area contributed by atoms with Gasteiger partial charge in [0, 0.05) is 29.3 Å². The number of ketones is 1. The topological polar surface area (TPSA) is 96.3 Å². The molecule has 156 valence electrons. The Labute approximate surface area is 184 Å². The van der Waals surface area contributed by atoms with E-state index in [2.05, 4.69) is 21.2 Å². The van der Waals surface area contributed by atoms with E-state index in [-0.39, 0.29) is 18.8 Å². The number of rotatable bonds is 8. The third-order valence-electron chi connectivity index (χ3n) is 4.71. The van der Waals surface area contributed by atoms with E-state index in [0.29, 0.717) is 15.6 Å². The van der Waals surface area contributed by atoms with Crippen LogP contribution in [0.25, 0.3) is 0 Å². The van der Waals surface area contributed by atoms with E-state index in [9.17, 15) is 19.6 Å². The summed E-state index contributed by atoms with van der Waals surface area (Å²) in [6, 6.07) is 16.0. The third kappa shape index (κ3) is 5.14. The molecule has 0 saturated carbocycles. The number of nitrogens with zero attached hydrogens (tertiary/aromatic N) is 1. The van der Waals surface area contributed by atoms with E-state index in [1.165, 1.54) is 6.92 Å². The number of nitriles is 1. The molecule has 0 aliphatic rings. The predicted molar refractivity (Wildman–Crippen MR) is 116 cm³/mol. The summed E-state index contributed by atoms with van der Waals surface area (Å²) < 4.78 is 5.75. The van der Waals surface area contributed by atoms with Crippen LogP contribution in [0.15, 0.2) is 53.0 Å². The lowest BCUT2D eigenvalue weighted by Gasteiger charge is -2.34. The Kier molecular flexibility index (Phi) is 7.90. The highest BCUT2D eigenvalue weighted by atomic mass is 79.9. The number of hydrogen-bond donors (Lipinski definition) is 1. The Balaban J connectivity index is 2.63. The molecule has 1 N–H and O–H groups in total. The summed E-state index contributed by atoms with van der Waals surface area (Å²) in [6.07, 6.45) is -0.182. The van der Waals surface area contributed by atoms with Crippen LogP contribution in [-0.4, -0.2) is 29.8 Å². The van der Waals surface area contributed by atoms with Gasteiger partial charge in [0.2, 0.25) is 11.4 Å². The van der Waals surface area contributed by atoms with Gasteiger partial charge in [-0.05, 0) is 25.5 Å². The highest BCUT2D eigenvalue weighted by Gasteiger charge is 2.50. The summed E-state index contributed by atoms with van der Waals surface area (Å²) in [5, 5.41) is 12.5. The number of carbonyl (C=O) groups is 3. The average Bonchev–Trinajstić information content (AvgIpc) is 2.71. The highest BCUT2D eigenvalue weighted by Crippen LogP contribution is 2.37. The minimum atomic E-state index is -2.06. The van der Waals surface area contributed by atoms with Gasteiger partial charge in [0.25, 0.3) is 0 Å². The van der Waals surface area contributed by atoms with Crippen LogP contribution < -0.4 is 5.32 Å². The molecule has 2 atom stereocenters. The first kappa shape index (κ1) is 23.3. The fraction of sp³-hybridized carbons (Fsp3) is 0.304. The summed E-state index contributed by atoms with van der Waals surface area (Å²) in [5.74, 6) is -2.72. The van der Waals surface area contributed by atoms with Crippen LogP contribution in [0.2, 0.25) is 0 Å². The summed E-state index contributed by atoms with van der Waals surface area (Å²) in [4.78, 5) is 38.0. The minimum absolute atomic E-state index is 0.0242. The number of amides is 1. The molecule has 0 bridgehead atoms. The molecule has 0 heterocycles. The van der Waals surface area contributed by atoms with Gasteiger partial charge in [-0.15, -0.1) is 0 Å². The van der Waals surface area contributed by atoms with E-state index < -0.39 is 23.3 Å². The van der Waals surface area contributed by atoms with Crippen LogP contribution in [0.1, 0.15) is 47.7 Å².